The zero-order valence-corrected chi connectivity index (χ0v) is 15.8. The third kappa shape index (κ3) is 3.70. The van der Waals surface area contributed by atoms with Gasteiger partial charge in [-0.25, -0.2) is 4.98 Å². The summed E-state index contributed by atoms with van der Waals surface area (Å²) in [6.45, 7) is 7.27. The number of aryl methyl sites for hydroxylation is 1. The smallest absolute Gasteiger partial charge is 0.266 e. The highest BCUT2D eigenvalue weighted by atomic mass is 16.1. The molecule has 4 heteroatoms. The summed E-state index contributed by atoms with van der Waals surface area (Å²) in [5.41, 5.74) is 2.75. The van der Waals surface area contributed by atoms with Crippen LogP contribution >= 0.6 is 0 Å². The molecule has 3 aromatic rings. The van der Waals surface area contributed by atoms with E-state index in [2.05, 4.69) is 19.2 Å². The molecule has 1 aromatic heterocycles. The van der Waals surface area contributed by atoms with Gasteiger partial charge in [-0.05, 0) is 56.1 Å². The second-order valence-corrected chi connectivity index (χ2v) is 6.74. The second-order valence-electron chi connectivity index (χ2n) is 6.74. The van der Waals surface area contributed by atoms with E-state index >= 15 is 0 Å². The molecule has 0 fully saturated rings. The first-order chi connectivity index (χ1) is 12.7. The molecule has 1 heterocycles. The lowest BCUT2D eigenvalue weighted by Crippen LogP contribution is -2.31. The minimum Gasteiger partial charge on any atom is -0.307 e. The molecule has 0 aliphatic carbocycles. The van der Waals surface area contributed by atoms with E-state index in [-0.39, 0.29) is 11.6 Å². The first-order valence-electron chi connectivity index (χ1n) is 9.47. The highest BCUT2D eigenvalue weighted by molar-refractivity contribution is 5.77. The quantitative estimate of drug-likeness (QED) is 0.637. The highest BCUT2D eigenvalue weighted by Crippen LogP contribution is 2.21. The SMILES string of the molecule is CCCCNC(CC)c1nc2ccccc2c(=O)n1-c1cccc(C)c1. The van der Waals surface area contributed by atoms with Gasteiger partial charge in [0.05, 0.1) is 22.6 Å². The van der Waals surface area contributed by atoms with Gasteiger partial charge >= 0.3 is 0 Å². The summed E-state index contributed by atoms with van der Waals surface area (Å²) in [6, 6.07) is 15.7. The van der Waals surface area contributed by atoms with Crippen molar-refractivity contribution in [3.05, 3.63) is 70.3 Å². The first-order valence-corrected chi connectivity index (χ1v) is 9.47. The minimum absolute atomic E-state index is 0.00746. The highest BCUT2D eigenvalue weighted by Gasteiger charge is 2.19. The van der Waals surface area contributed by atoms with Crippen molar-refractivity contribution < 1.29 is 0 Å². The van der Waals surface area contributed by atoms with Crippen LogP contribution in [0.15, 0.2) is 53.3 Å². The van der Waals surface area contributed by atoms with Crippen LogP contribution in [0, 0.1) is 6.92 Å². The van der Waals surface area contributed by atoms with Crippen molar-refractivity contribution in [1.29, 1.82) is 0 Å². The number of para-hydroxylation sites is 1. The Morgan fingerprint density at radius 3 is 2.65 bits per heavy atom. The van der Waals surface area contributed by atoms with Crippen LogP contribution in [-0.4, -0.2) is 16.1 Å². The molecule has 2 aromatic carbocycles. The Bertz CT molecular complexity index is 946. The van der Waals surface area contributed by atoms with Crippen LogP contribution in [0.2, 0.25) is 0 Å². The standard InChI is InChI=1S/C22H27N3O/c1-4-6-14-23-19(5-2)21-24-20-13-8-7-12-18(20)22(26)25(21)17-11-9-10-16(3)15-17/h7-13,15,19,23H,4-6,14H2,1-3H3. The van der Waals surface area contributed by atoms with Gasteiger partial charge in [0.15, 0.2) is 0 Å². The van der Waals surface area contributed by atoms with Gasteiger partial charge in [-0.1, -0.05) is 44.5 Å². The molecule has 0 saturated heterocycles. The summed E-state index contributed by atoms with van der Waals surface area (Å²) in [5, 5.41) is 4.23. The fourth-order valence-corrected chi connectivity index (χ4v) is 3.27. The maximum Gasteiger partial charge on any atom is 0.266 e. The van der Waals surface area contributed by atoms with Gasteiger partial charge in [-0.3, -0.25) is 9.36 Å². The number of aromatic nitrogens is 2. The summed E-state index contributed by atoms with van der Waals surface area (Å²) in [4.78, 5) is 18.2. The van der Waals surface area contributed by atoms with E-state index in [4.69, 9.17) is 4.98 Å². The maximum absolute atomic E-state index is 13.3. The number of rotatable bonds is 7. The Morgan fingerprint density at radius 1 is 1.12 bits per heavy atom. The lowest BCUT2D eigenvalue weighted by Gasteiger charge is -2.22. The fourth-order valence-electron chi connectivity index (χ4n) is 3.27. The Morgan fingerprint density at radius 2 is 1.92 bits per heavy atom. The van der Waals surface area contributed by atoms with Crippen molar-refractivity contribution in [2.45, 2.75) is 46.1 Å². The van der Waals surface area contributed by atoms with Crippen LogP contribution < -0.4 is 10.9 Å². The Hall–Kier alpha value is -2.46. The fraction of sp³-hybridized carbons (Fsp3) is 0.364. The second kappa shape index (κ2) is 8.28. The van der Waals surface area contributed by atoms with E-state index in [1.54, 1.807) is 4.57 Å². The van der Waals surface area contributed by atoms with Gasteiger partial charge in [0.2, 0.25) is 0 Å². The predicted octanol–water partition coefficient (Wildman–Crippen LogP) is 4.53. The van der Waals surface area contributed by atoms with Crippen LogP contribution in [0.1, 0.15) is 50.5 Å². The Balaban J connectivity index is 2.22. The number of hydrogen-bond donors (Lipinski definition) is 1. The van der Waals surface area contributed by atoms with Gasteiger partial charge in [0, 0.05) is 0 Å². The van der Waals surface area contributed by atoms with E-state index < -0.39 is 0 Å². The Labute approximate surface area is 154 Å². The van der Waals surface area contributed by atoms with Gasteiger partial charge in [0.25, 0.3) is 5.56 Å². The average molecular weight is 349 g/mol. The van der Waals surface area contributed by atoms with Gasteiger partial charge in [0.1, 0.15) is 5.82 Å². The number of benzene rings is 2. The molecule has 0 aliphatic rings. The molecular weight excluding hydrogens is 322 g/mol. The molecular formula is C22H27N3O. The zero-order chi connectivity index (χ0) is 18.5. The lowest BCUT2D eigenvalue weighted by molar-refractivity contribution is 0.476. The van der Waals surface area contributed by atoms with Gasteiger partial charge in [-0.15, -0.1) is 0 Å². The molecule has 0 amide bonds. The average Bonchev–Trinajstić information content (AvgIpc) is 2.65. The van der Waals surface area contributed by atoms with Gasteiger partial charge < -0.3 is 5.32 Å². The summed E-state index contributed by atoms with van der Waals surface area (Å²) in [7, 11) is 0. The van der Waals surface area contributed by atoms with Crippen molar-refractivity contribution in [3.8, 4) is 5.69 Å². The third-order valence-corrected chi connectivity index (χ3v) is 4.70. The summed E-state index contributed by atoms with van der Waals surface area (Å²) >= 11 is 0. The normalized spacial score (nSPS) is 12.4. The van der Waals surface area contributed by atoms with E-state index in [0.717, 1.165) is 48.4 Å². The molecule has 1 atom stereocenters. The minimum atomic E-state index is -0.00746. The maximum atomic E-state index is 13.3. The van der Waals surface area contributed by atoms with Crippen molar-refractivity contribution in [2.24, 2.45) is 0 Å². The van der Waals surface area contributed by atoms with Crippen LogP contribution in [0.25, 0.3) is 16.6 Å². The predicted molar refractivity (Wildman–Crippen MR) is 108 cm³/mol. The Kier molecular flexibility index (Phi) is 5.84. The molecule has 3 rings (SSSR count). The van der Waals surface area contributed by atoms with E-state index in [9.17, 15) is 4.79 Å². The summed E-state index contributed by atoms with van der Waals surface area (Å²) < 4.78 is 1.78. The van der Waals surface area contributed by atoms with E-state index in [1.165, 1.54) is 0 Å². The van der Waals surface area contributed by atoms with Crippen molar-refractivity contribution in [3.63, 3.8) is 0 Å². The number of nitrogens with one attached hydrogen (secondary N) is 1. The molecule has 4 nitrogen and oxygen atoms in total. The molecule has 0 spiro atoms. The van der Waals surface area contributed by atoms with Crippen LogP contribution in [0.5, 0.6) is 0 Å². The number of hydrogen-bond acceptors (Lipinski definition) is 3. The van der Waals surface area contributed by atoms with Crippen molar-refractivity contribution in [1.82, 2.24) is 14.9 Å². The molecule has 0 radical (unpaired) electrons. The van der Waals surface area contributed by atoms with E-state index in [1.807, 2.05) is 55.5 Å². The van der Waals surface area contributed by atoms with Crippen LogP contribution in [0.3, 0.4) is 0 Å². The molecule has 136 valence electrons. The van der Waals surface area contributed by atoms with Crippen molar-refractivity contribution in [2.75, 3.05) is 6.54 Å². The number of unbranched alkanes of at least 4 members (excludes halogenated alkanes) is 1. The topological polar surface area (TPSA) is 46.9 Å². The molecule has 0 bridgehead atoms. The monoisotopic (exact) mass is 349 g/mol. The molecule has 0 aliphatic heterocycles. The third-order valence-electron chi connectivity index (χ3n) is 4.70. The summed E-state index contributed by atoms with van der Waals surface area (Å²) in [6.07, 6.45) is 3.12. The molecule has 26 heavy (non-hydrogen) atoms. The van der Waals surface area contributed by atoms with Gasteiger partial charge in [-0.2, -0.15) is 0 Å². The number of nitrogens with zero attached hydrogens (tertiary/aromatic N) is 2. The molecule has 1 unspecified atom stereocenters. The molecule has 1 N–H and O–H groups in total. The summed E-state index contributed by atoms with van der Waals surface area (Å²) in [5.74, 6) is 0.790. The van der Waals surface area contributed by atoms with Crippen LogP contribution in [0.4, 0.5) is 0 Å². The number of fused-ring (bicyclic) bond motifs is 1. The largest absolute Gasteiger partial charge is 0.307 e. The van der Waals surface area contributed by atoms with E-state index in [0.29, 0.717) is 5.39 Å². The zero-order valence-electron chi connectivity index (χ0n) is 15.8. The van der Waals surface area contributed by atoms with Crippen LogP contribution in [-0.2, 0) is 0 Å². The lowest BCUT2D eigenvalue weighted by atomic mass is 10.1. The van der Waals surface area contributed by atoms with Crippen molar-refractivity contribution >= 4 is 10.9 Å². The first kappa shape index (κ1) is 18.3. The molecule has 0 saturated carbocycles.